The average molecular weight is 290 g/mol. The largest absolute Gasteiger partial charge is 0.399 e. The highest BCUT2D eigenvalue weighted by Gasteiger charge is 2.18. The molecule has 0 fully saturated rings. The Hall–Kier alpha value is -2.20. The number of halogens is 1. The number of nitrogens with zero attached hydrogens (tertiary/aromatic N) is 1. The molecule has 104 valence electrons. The van der Waals surface area contributed by atoms with Gasteiger partial charge in [-0.15, -0.1) is 0 Å². The molecule has 0 radical (unpaired) electrons. The summed E-state index contributed by atoms with van der Waals surface area (Å²) in [5, 5.41) is 0.393. The maximum atomic E-state index is 11.6. The Balaban J connectivity index is 2.63. The summed E-state index contributed by atoms with van der Waals surface area (Å²) in [6, 6.07) is 11.0. The Kier molecular flexibility index (Phi) is 3.86. The molecule has 5 heteroatoms. The van der Waals surface area contributed by atoms with Crippen LogP contribution in [0.15, 0.2) is 36.4 Å². The second-order valence-corrected chi connectivity index (χ2v) is 5.02. The number of hydrogen-bond acceptors (Lipinski definition) is 3. The fourth-order valence-electron chi connectivity index (χ4n) is 2.21. The lowest BCUT2D eigenvalue weighted by atomic mass is 10.1. The third kappa shape index (κ3) is 2.56. The van der Waals surface area contributed by atoms with Crippen molar-refractivity contribution in [3.05, 3.63) is 52.5 Å². The zero-order chi connectivity index (χ0) is 14.9. The van der Waals surface area contributed by atoms with Crippen LogP contribution < -0.4 is 16.4 Å². The van der Waals surface area contributed by atoms with E-state index in [4.69, 9.17) is 23.1 Å². The number of hydrogen-bond donors (Lipinski definition) is 2. The summed E-state index contributed by atoms with van der Waals surface area (Å²) >= 11 is 6.25. The average Bonchev–Trinajstić information content (AvgIpc) is 2.37. The molecule has 0 saturated heterocycles. The normalized spacial score (nSPS) is 10.3. The van der Waals surface area contributed by atoms with E-state index in [1.54, 1.807) is 12.1 Å². The Labute approximate surface area is 122 Å². The number of aryl methyl sites for hydroxylation is 1. The number of benzene rings is 2. The number of nitrogens with two attached hydrogens (primary N) is 2. The van der Waals surface area contributed by atoms with Gasteiger partial charge >= 0.3 is 0 Å². The molecule has 0 unspecified atom stereocenters. The van der Waals surface area contributed by atoms with Gasteiger partial charge in [-0.1, -0.05) is 29.8 Å². The van der Waals surface area contributed by atoms with Crippen LogP contribution in [0.2, 0.25) is 5.02 Å². The first-order valence-electron chi connectivity index (χ1n) is 6.10. The first-order chi connectivity index (χ1) is 9.41. The second-order valence-electron chi connectivity index (χ2n) is 4.61. The van der Waals surface area contributed by atoms with Gasteiger partial charge in [0.1, 0.15) is 0 Å². The summed E-state index contributed by atoms with van der Waals surface area (Å²) in [5.41, 5.74) is 14.4. The van der Waals surface area contributed by atoms with Gasteiger partial charge in [0.05, 0.1) is 16.3 Å². The first-order valence-corrected chi connectivity index (χ1v) is 6.47. The van der Waals surface area contributed by atoms with Crippen molar-refractivity contribution in [3.63, 3.8) is 0 Å². The van der Waals surface area contributed by atoms with E-state index in [-0.39, 0.29) is 0 Å². The van der Waals surface area contributed by atoms with Crippen LogP contribution in [-0.2, 0) is 0 Å². The molecule has 1 amide bonds. The molecule has 4 N–H and O–H groups in total. The Bertz CT molecular complexity index is 670. The number of nitrogen functional groups attached to an aromatic ring is 1. The van der Waals surface area contributed by atoms with E-state index in [9.17, 15) is 4.79 Å². The van der Waals surface area contributed by atoms with Gasteiger partial charge in [-0.25, -0.2) is 0 Å². The lowest BCUT2D eigenvalue weighted by molar-refractivity contribution is 0.100. The molecule has 2 aromatic carbocycles. The van der Waals surface area contributed by atoms with E-state index in [0.717, 1.165) is 11.3 Å². The van der Waals surface area contributed by atoms with Gasteiger partial charge in [0.25, 0.3) is 5.91 Å². The van der Waals surface area contributed by atoms with Gasteiger partial charge in [0.15, 0.2) is 0 Å². The van der Waals surface area contributed by atoms with Crippen LogP contribution in [0.25, 0.3) is 0 Å². The molecule has 2 aromatic rings. The molecule has 20 heavy (non-hydrogen) atoms. The number of carbonyl (C=O) groups excluding carboxylic acids is 1. The summed E-state index contributed by atoms with van der Waals surface area (Å²) in [7, 11) is 1.84. The van der Waals surface area contributed by atoms with Crippen molar-refractivity contribution in [2.45, 2.75) is 6.92 Å². The van der Waals surface area contributed by atoms with E-state index >= 15 is 0 Å². The third-order valence-corrected chi connectivity index (χ3v) is 3.45. The number of anilines is 3. The van der Waals surface area contributed by atoms with Crippen molar-refractivity contribution < 1.29 is 4.79 Å². The van der Waals surface area contributed by atoms with Crippen LogP contribution in [0.3, 0.4) is 0 Å². The summed E-state index contributed by atoms with van der Waals surface area (Å²) in [4.78, 5) is 13.5. The molecule has 0 saturated carbocycles. The van der Waals surface area contributed by atoms with Crippen LogP contribution in [0, 0.1) is 6.92 Å². The fraction of sp³-hybridized carbons (Fsp3) is 0.133. The molecule has 0 atom stereocenters. The summed E-state index contributed by atoms with van der Waals surface area (Å²) < 4.78 is 0. The van der Waals surface area contributed by atoms with E-state index in [1.807, 2.05) is 43.1 Å². The molecule has 2 rings (SSSR count). The van der Waals surface area contributed by atoms with Crippen molar-refractivity contribution in [2.24, 2.45) is 5.73 Å². The van der Waals surface area contributed by atoms with Gasteiger partial charge in [0, 0.05) is 18.4 Å². The molecule has 0 heterocycles. The summed E-state index contributed by atoms with van der Waals surface area (Å²) in [5.74, 6) is -0.561. The third-order valence-electron chi connectivity index (χ3n) is 3.16. The Morgan fingerprint density at radius 1 is 1.25 bits per heavy atom. The standard InChI is InChI=1S/C15H16ClN3O/c1-9-5-3-4-6-13(9)19(2)14-11(15(18)20)7-10(17)8-12(14)16/h3-8H,17H2,1-2H3,(H2,18,20). The molecule has 4 nitrogen and oxygen atoms in total. The minimum absolute atomic E-state index is 0.306. The van der Waals surface area contributed by atoms with Crippen LogP contribution in [-0.4, -0.2) is 13.0 Å². The van der Waals surface area contributed by atoms with Gasteiger partial charge in [-0.2, -0.15) is 0 Å². The summed E-state index contributed by atoms with van der Waals surface area (Å²) in [6.07, 6.45) is 0. The van der Waals surface area contributed by atoms with Gasteiger partial charge in [0.2, 0.25) is 0 Å². The molecule has 0 aliphatic carbocycles. The highest BCUT2D eigenvalue weighted by atomic mass is 35.5. The second kappa shape index (κ2) is 5.43. The quantitative estimate of drug-likeness (QED) is 0.853. The number of rotatable bonds is 3. The number of amides is 1. The molecule has 0 aliphatic rings. The lowest BCUT2D eigenvalue weighted by Crippen LogP contribution is -2.20. The number of para-hydroxylation sites is 1. The molecular formula is C15H16ClN3O. The minimum atomic E-state index is -0.561. The van der Waals surface area contributed by atoms with E-state index in [0.29, 0.717) is 22.0 Å². The topological polar surface area (TPSA) is 72.3 Å². The predicted molar refractivity (Wildman–Crippen MR) is 83.6 cm³/mol. The highest BCUT2D eigenvalue weighted by molar-refractivity contribution is 6.34. The zero-order valence-corrected chi connectivity index (χ0v) is 12.1. The van der Waals surface area contributed by atoms with E-state index in [1.165, 1.54) is 0 Å². The minimum Gasteiger partial charge on any atom is -0.399 e. The highest BCUT2D eigenvalue weighted by Crippen LogP contribution is 2.36. The SMILES string of the molecule is Cc1ccccc1N(C)c1c(Cl)cc(N)cc1C(N)=O. The lowest BCUT2D eigenvalue weighted by Gasteiger charge is -2.25. The Morgan fingerprint density at radius 3 is 2.50 bits per heavy atom. The predicted octanol–water partition coefficient (Wildman–Crippen LogP) is 3.10. The smallest absolute Gasteiger partial charge is 0.250 e. The molecular weight excluding hydrogens is 274 g/mol. The van der Waals surface area contributed by atoms with Gasteiger partial charge in [-0.3, -0.25) is 4.79 Å². The van der Waals surface area contributed by atoms with Gasteiger partial charge < -0.3 is 16.4 Å². The summed E-state index contributed by atoms with van der Waals surface area (Å²) in [6.45, 7) is 1.99. The van der Waals surface area contributed by atoms with Gasteiger partial charge in [-0.05, 0) is 30.7 Å². The number of primary amides is 1. The Morgan fingerprint density at radius 2 is 1.90 bits per heavy atom. The maximum Gasteiger partial charge on any atom is 0.250 e. The van der Waals surface area contributed by atoms with Crippen molar-refractivity contribution in [1.29, 1.82) is 0 Å². The van der Waals surface area contributed by atoms with Crippen molar-refractivity contribution in [2.75, 3.05) is 17.7 Å². The number of carbonyl (C=O) groups is 1. The maximum absolute atomic E-state index is 11.6. The van der Waals surface area contributed by atoms with Crippen molar-refractivity contribution >= 4 is 34.6 Å². The van der Waals surface area contributed by atoms with E-state index in [2.05, 4.69) is 0 Å². The first kappa shape index (κ1) is 14.2. The molecule has 0 bridgehead atoms. The van der Waals surface area contributed by atoms with Crippen LogP contribution in [0.5, 0.6) is 0 Å². The van der Waals surface area contributed by atoms with Crippen LogP contribution in [0.1, 0.15) is 15.9 Å². The van der Waals surface area contributed by atoms with Crippen molar-refractivity contribution in [1.82, 2.24) is 0 Å². The zero-order valence-electron chi connectivity index (χ0n) is 11.4. The fourth-order valence-corrected chi connectivity index (χ4v) is 2.56. The van der Waals surface area contributed by atoms with Crippen LogP contribution in [0.4, 0.5) is 17.1 Å². The van der Waals surface area contributed by atoms with Crippen LogP contribution >= 0.6 is 11.6 Å². The van der Waals surface area contributed by atoms with Crippen molar-refractivity contribution in [3.8, 4) is 0 Å². The molecule has 0 spiro atoms. The van der Waals surface area contributed by atoms with E-state index < -0.39 is 5.91 Å². The molecule has 0 aliphatic heterocycles. The monoisotopic (exact) mass is 289 g/mol. The molecule has 0 aromatic heterocycles.